The fraction of sp³-hybridized carbons (Fsp3) is 0.133. The van der Waals surface area contributed by atoms with Crippen LogP contribution in [0.1, 0.15) is 36.8 Å². The summed E-state index contributed by atoms with van der Waals surface area (Å²) in [5.74, 6) is 0. The first-order valence-corrected chi connectivity index (χ1v) is 11.4. The summed E-state index contributed by atoms with van der Waals surface area (Å²) >= 11 is 0. The van der Waals surface area contributed by atoms with Crippen molar-refractivity contribution in [1.29, 1.82) is 0 Å². The number of hydrogen-bond acceptors (Lipinski definition) is 2. The van der Waals surface area contributed by atoms with E-state index in [0.717, 1.165) is 22.7 Å². The highest BCUT2D eigenvalue weighted by Crippen LogP contribution is 2.37. The SMILES string of the molecule is c1ccc(Nc2ccc(C(=C3CCCC3)c3ccc(Nc4ccccc4)cc3)cc2)cc1. The van der Waals surface area contributed by atoms with E-state index in [-0.39, 0.29) is 0 Å². The van der Waals surface area contributed by atoms with Crippen LogP contribution in [0.15, 0.2) is 115 Å². The van der Waals surface area contributed by atoms with Gasteiger partial charge in [0.05, 0.1) is 0 Å². The average molecular weight is 417 g/mol. The summed E-state index contributed by atoms with van der Waals surface area (Å²) in [6.45, 7) is 0. The predicted octanol–water partition coefficient (Wildman–Crippen LogP) is 8.55. The molecule has 1 saturated carbocycles. The van der Waals surface area contributed by atoms with Crippen LogP contribution in [0.25, 0.3) is 5.57 Å². The van der Waals surface area contributed by atoms with Gasteiger partial charge in [0.25, 0.3) is 0 Å². The first-order valence-electron chi connectivity index (χ1n) is 11.4. The maximum atomic E-state index is 3.49. The summed E-state index contributed by atoms with van der Waals surface area (Å²) in [7, 11) is 0. The summed E-state index contributed by atoms with van der Waals surface area (Å²) < 4.78 is 0. The Morgan fingerprint density at radius 3 is 1.22 bits per heavy atom. The Hall–Kier alpha value is -3.78. The van der Waals surface area contributed by atoms with Crippen molar-refractivity contribution >= 4 is 28.3 Å². The molecule has 32 heavy (non-hydrogen) atoms. The molecule has 158 valence electrons. The van der Waals surface area contributed by atoms with Crippen molar-refractivity contribution in [3.63, 3.8) is 0 Å². The Bertz CT molecular complexity index is 1080. The zero-order valence-electron chi connectivity index (χ0n) is 18.2. The Labute approximate surface area is 190 Å². The van der Waals surface area contributed by atoms with E-state index in [1.165, 1.54) is 42.4 Å². The molecule has 1 aliphatic rings. The lowest BCUT2D eigenvalue weighted by molar-refractivity contribution is 0.886. The van der Waals surface area contributed by atoms with Crippen LogP contribution in [-0.4, -0.2) is 0 Å². The molecular formula is C30H28N2. The monoisotopic (exact) mass is 416 g/mol. The van der Waals surface area contributed by atoms with Crippen LogP contribution in [0, 0.1) is 0 Å². The minimum Gasteiger partial charge on any atom is -0.356 e. The van der Waals surface area contributed by atoms with Gasteiger partial charge in [0.15, 0.2) is 0 Å². The predicted molar refractivity (Wildman–Crippen MR) is 137 cm³/mol. The number of nitrogens with one attached hydrogen (secondary N) is 2. The highest BCUT2D eigenvalue weighted by Gasteiger charge is 2.16. The summed E-state index contributed by atoms with van der Waals surface area (Å²) in [5.41, 5.74) is 10.0. The zero-order chi connectivity index (χ0) is 21.6. The van der Waals surface area contributed by atoms with Gasteiger partial charge in [-0.15, -0.1) is 0 Å². The van der Waals surface area contributed by atoms with Crippen molar-refractivity contribution in [2.24, 2.45) is 0 Å². The summed E-state index contributed by atoms with van der Waals surface area (Å²) in [5, 5.41) is 6.97. The molecule has 0 aliphatic heterocycles. The lowest BCUT2D eigenvalue weighted by atomic mass is 9.92. The van der Waals surface area contributed by atoms with E-state index in [0.29, 0.717) is 0 Å². The van der Waals surface area contributed by atoms with Crippen LogP contribution < -0.4 is 10.6 Å². The van der Waals surface area contributed by atoms with Crippen molar-refractivity contribution in [3.05, 3.63) is 126 Å². The van der Waals surface area contributed by atoms with Gasteiger partial charge in [0.2, 0.25) is 0 Å². The summed E-state index contributed by atoms with van der Waals surface area (Å²) in [4.78, 5) is 0. The van der Waals surface area contributed by atoms with Gasteiger partial charge >= 0.3 is 0 Å². The molecule has 0 spiro atoms. The van der Waals surface area contributed by atoms with Gasteiger partial charge in [-0.1, -0.05) is 66.2 Å². The number of benzene rings is 4. The summed E-state index contributed by atoms with van der Waals surface area (Å²) in [6.07, 6.45) is 4.98. The van der Waals surface area contributed by atoms with Crippen molar-refractivity contribution < 1.29 is 0 Å². The second kappa shape index (κ2) is 9.57. The van der Waals surface area contributed by atoms with Gasteiger partial charge in [-0.3, -0.25) is 0 Å². The maximum Gasteiger partial charge on any atom is 0.0384 e. The zero-order valence-corrected chi connectivity index (χ0v) is 18.2. The van der Waals surface area contributed by atoms with Crippen LogP contribution in [0.2, 0.25) is 0 Å². The van der Waals surface area contributed by atoms with E-state index >= 15 is 0 Å². The number of allylic oxidation sites excluding steroid dienone is 1. The quantitative estimate of drug-likeness (QED) is 0.329. The molecule has 0 heterocycles. The number of hydrogen-bond donors (Lipinski definition) is 2. The van der Waals surface area contributed by atoms with E-state index in [1.54, 1.807) is 5.57 Å². The number of anilines is 4. The third kappa shape index (κ3) is 4.76. The highest BCUT2D eigenvalue weighted by molar-refractivity contribution is 5.84. The van der Waals surface area contributed by atoms with E-state index in [4.69, 9.17) is 0 Å². The van der Waals surface area contributed by atoms with Gasteiger partial charge in [0, 0.05) is 22.7 Å². The Morgan fingerprint density at radius 2 is 0.812 bits per heavy atom. The average Bonchev–Trinajstić information content (AvgIpc) is 3.37. The van der Waals surface area contributed by atoms with Gasteiger partial charge in [-0.2, -0.15) is 0 Å². The van der Waals surface area contributed by atoms with Crippen molar-refractivity contribution in [2.75, 3.05) is 10.6 Å². The first-order chi connectivity index (χ1) is 15.8. The standard InChI is InChI=1S/C30H28N2/c1-3-11-26(12-4-1)31-28-19-15-24(16-20-28)30(23-9-7-8-10-23)25-17-21-29(22-18-25)32-27-13-5-2-6-14-27/h1-6,11-22,31-32H,7-10H2. The molecule has 0 atom stereocenters. The second-order valence-electron chi connectivity index (χ2n) is 8.32. The molecule has 0 aromatic heterocycles. The van der Waals surface area contributed by atoms with Crippen LogP contribution in [0.3, 0.4) is 0 Å². The molecule has 2 N–H and O–H groups in total. The highest BCUT2D eigenvalue weighted by atomic mass is 14.9. The molecule has 2 nitrogen and oxygen atoms in total. The van der Waals surface area contributed by atoms with E-state index < -0.39 is 0 Å². The minimum atomic E-state index is 1.11. The fourth-order valence-corrected chi connectivity index (χ4v) is 4.44. The largest absolute Gasteiger partial charge is 0.356 e. The minimum absolute atomic E-state index is 1.11. The molecule has 0 amide bonds. The molecule has 0 unspecified atom stereocenters. The van der Waals surface area contributed by atoms with Crippen LogP contribution in [0.4, 0.5) is 22.7 Å². The molecule has 1 aliphatic carbocycles. The van der Waals surface area contributed by atoms with Gasteiger partial charge in [-0.05, 0) is 90.9 Å². The second-order valence-corrected chi connectivity index (χ2v) is 8.32. The molecule has 0 radical (unpaired) electrons. The lowest BCUT2D eigenvalue weighted by Crippen LogP contribution is -1.95. The van der Waals surface area contributed by atoms with Crippen LogP contribution in [0.5, 0.6) is 0 Å². The Morgan fingerprint density at radius 1 is 0.438 bits per heavy atom. The van der Waals surface area contributed by atoms with E-state index in [1.807, 2.05) is 12.1 Å². The summed E-state index contributed by atoms with van der Waals surface area (Å²) in [6, 6.07) is 38.4. The number of para-hydroxylation sites is 2. The molecule has 4 aromatic rings. The van der Waals surface area contributed by atoms with E-state index in [9.17, 15) is 0 Å². The molecular weight excluding hydrogens is 388 g/mol. The fourth-order valence-electron chi connectivity index (χ4n) is 4.44. The van der Waals surface area contributed by atoms with Crippen molar-refractivity contribution in [3.8, 4) is 0 Å². The normalized spacial score (nSPS) is 13.1. The van der Waals surface area contributed by atoms with E-state index in [2.05, 4.69) is 108 Å². The number of rotatable bonds is 6. The van der Waals surface area contributed by atoms with Crippen molar-refractivity contribution in [1.82, 2.24) is 0 Å². The third-order valence-corrected chi connectivity index (χ3v) is 6.03. The topological polar surface area (TPSA) is 24.1 Å². The first kappa shape index (κ1) is 20.1. The lowest BCUT2D eigenvalue weighted by Gasteiger charge is -2.15. The van der Waals surface area contributed by atoms with Crippen LogP contribution >= 0.6 is 0 Å². The Balaban J connectivity index is 1.40. The van der Waals surface area contributed by atoms with Gasteiger partial charge in [-0.25, -0.2) is 0 Å². The molecule has 2 heteroatoms. The molecule has 0 saturated heterocycles. The van der Waals surface area contributed by atoms with Gasteiger partial charge < -0.3 is 10.6 Å². The maximum absolute atomic E-state index is 3.49. The van der Waals surface area contributed by atoms with Crippen molar-refractivity contribution in [2.45, 2.75) is 25.7 Å². The molecule has 5 rings (SSSR count). The molecule has 4 aromatic carbocycles. The molecule has 1 fully saturated rings. The third-order valence-electron chi connectivity index (χ3n) is 6.03. The smallest absolute Gasteiger partial charge is 0.0384 e. The molecule has 0 bridgehead atoms. The Kier molecular flexibility index (Phi) is 6.02. The van der Waals surface area contributed by atoms with Crippen LogP contribution in [-0.2, 0) is 0 Å². The van der Waals surface area contributed by atoms with Gasteiger partial charge in [0.1, 0.15) is 0 Å².